The second kappa shape index (κ2) is 7.77. The van der Waals surface area contributed by atoms with Gasteiger partial charge >= 0.3 is 0 Å². The molecule has 0 unspecified atom stereocenters. The van der Waals surface area contributed by atoms with Crippen LogP contribution in [0.15, 0.2) is 5.16 Å². The van der Waals surface area contributed by atoms with Crippen LogP contribution in [0.5, 0.6) is 0 Å². The number of hydrogen-bond acceptors (Lipinski definition) is 6. The van der Waals surface area contributed by atoms with Crippen molar-refractivity contribution in [3.05, 3.63) is 16.4 Å². The summed E-state index contributed by atoms with van der Waals surface area (Å²) in [6, 6.07) is 0. The Morgan fingerprint density at radius 3 is 2.81 bits per heavy atom. The summed E-state index contributed by atoms with van der Waals surface area (Å²) in [7, 11) is 1.90. The summed E-state index contributed by atoms with van der Waals surface area (Å²) in [5, 5.41) is 21.0. The molecule has 7 nitrogen and oxygen atoms in total. The van der Waals surface area contributed by atoms with Gasteiger partial charge in [0.2, 0.25) is 5.16 Å². The Bertz CT molecular complexity index is 580. The van der Waals surface area contributed by atoms with Gasteiger partial charge < -0.3 is 5.32 Å². The third-order valence-corrected chi connectivity index (χ3v) is 4.49. The number of halogens is 1. The number of hydrogen-bond donors (Lipinski definition) is 1. The summed E-state index contributed by atoms with van der Waals surface area (Å²) in [6.07, 6.45) is 1.12. The van der Waals surface area contributed by atoms with Gasteiger partial charge in [0.25, 0.3) is 0 Å². The van der Waals surface area contributed by atoms with Crippen LogP contribution in [-0.2, 0) is 19.3 Å². The highest BCUT2D eigenvalue weighted by Gasteiger charge is 2.13. The summed E-state index contributed by atoms with van der Waals surface area (Å²) in [5.74, 6) is 0.693. The van der Waals surface area contributed by atoms with Crippen LogP contribution < -0.4 is 5.32 Å². The molecule has 0 radical (unpaired) electrons. The van der Waals surface area contributed by atoms with E-state index in [0.717, 1.165) is 42.6 Å². The summed E-state index contributed by atoms with van der Waals surface area (Å²) >= 11 is 7.81. The van der Waals surface area contributed by atoms with Gasteiger partial charge in [0.05, 0.1) is 23.0 Å². The molecular weight excluding hydrogens is 310 g/mol. The lowest BCUT2D eigenvalue weighted by Gasteiger charge is -2.06. The Labute approximate surface area is 133 Å². The van der Waals surface area contributed by atoms with Crippen LogP contribution in [0.4, 0.5) is 0 Å². The van der Waals surface area contributed by atoms with E-state index < -0.39 is 0 Å². The second-order valence-electron chi connectivity index (χ2n) is 4.69. The second-order valence-corrected chi connectivity index (χ2v) is 6.01. The molecule has 0 bridgehead atoms. The predicted molar refractivity (Wildman–Crippen MR) is 83.5 cm³/mol. The van der Waals surface area contributed by atoms with E-state index in [1.165, 1.54) is 0 Å². The number of nitrogens with one attached hydrogen (secondary N) is 1. The molecule has 2 heterocycles. The van der Waals surface area contributed by atoms with Gasteiger partial charge in [0, 0.05) is 19.3 Å². The quantitative estimate of drug-likeness (QED) is 0.586. The highest BCUT2D eigenvalue weighted by molar-refractivity contribution is 7.98. The molecule has 0 spiro atoms. The molecule has 21 heavy (non-hydrogen) atoms. The van der Waals surface area contributed by atoms with E-state index in [4.69, 9.17) is 11.6 Å². The molecule has 2 rings (SSSR count). The molecule has 0 fully saturated rings. The minimum Gasteiger partial charge on any atom is -0.315 e. The van der Waals surface area contributed by atoms with Gasteiger partial charge in [-0.15, -0.1) is 5.10 Å². The summed E-state index contributed by atoms with van der Waals surface area (Å²) in [6.45, 7) is 6.67. The van der Waals surface area contributed by atoms with E-state index in [1.54, 1.807) is 11.8 Å². The van der Waals surface area contributed by atoms with Crippen molar-refractivity contribution in [2.45, 2.75) is 37.7 Å². The molecule has 0 amide bonds. The molecule has 1 N–H and O–H groups in total. The average Bonchev–Trinajstić information content (AvgIpc) is 2.99. The van der Waals surface area contributed by atoms with Crippen LogP contribution in [0.3, 0.4) is 0 Å². The first-order chi connectivity index (χ1) is 10.1. The van der Waals surface area contributed by atoms with E-state index in [1.807, 2.05) is 23.3 Å². The van der Waals surface area contributed by atoms with Crippen LogP contribution in [-0.4, -0.2) is 43.1 Å². The van der Waals surface area contributed by atoms with Crippen LogP contribution in [0, 0.1) is 6.92 Å². The molecule has 0 aromatic carbocycles. The Balaban J connectivity index is 1.93. The lowest BCUT2D eigenvalue weighted by atomic mass is 10.4. The maximum Gasteiger partial charge on any atom is 0.209 e. The zero-order chi connectivity index (χ0) is 15.2. The zero-order valence-electron chi connectivity index (χ0n) is 12.5. The third kappa shape index (κ3) is 4.18. The van der Waals surface area contributed by atoms with Crippen molar-refractivity contribution in [1.82, 2.24) is 35.3 Å². The maximum atomic E-state index is 6.25. The first-order valence-electron chi connectivity index (χ1n) is 6.91. The third-order valence-electron chi connectivity index (χ3n) is 3.03. The molecule has 0 saturated heterocycles. The summed E-state index contributed by atoms with van der Waals surface area (Å²) in [5.41, 5.74) is 1.83. The van der Waals surface area contributed by atoms with Crippen LogP contribution in [0.25, 0.3) is 0 Å². The van der Waals surface area contributed by atoms with Gasteiger partial charge in [-0.3, -0.25) is 4.68 Å². The van der Waals surface area contributed by atoms with Gasteiger partial charge in [0.1, 0.15) is 0 Å². The topological polar surface area (TPSA) is 73.5 Å². The molecule has 2 aromatic heterocycles. The van der Waals surface area contributed by atoms with Crippen molar-refractivity contribution in [3.63, 3.8) is 0 Å². The molecular formula is C12H20ClN7S. The fourth-order valence-corrected chi connectivity index (χ4v) is 3.17. The lowest BCUT2D eigenvalue weighted by molar-refractivity contribution is 0.510. The number of aryl methyl sites for hydroxylation is 2. The molecule has 116 valence electrons. The first-order valence-corrected chi connectivity index (χ1v) is 8.27. The maximum absolute atomic E-state index is 6.25. The number of rotatable bonds is 8. The molecule has 0 aliphatic heterocycles. The van der Waals surface area contributed by atoms with Crippen molar-refractivity contribution in [2.24, 2.45) is 7.05 Å². The number of thioether (sulfide) groups is 1. The van der Waals surface area contributed by atoms with E-state index in [0.29, 0.717) is 10.8 Å². The predicted octanol–water partition coefficient (Wildman–Crippen LogP) is 1.66. The van der Waals surface area contributed by atoms with Crippen molar-refractivity contribution in [3.8, 4) is 0 Å². The molecule has 2 aromatic rings. The molecule has 9 heteroatoms. The number of tetrazole rings is 1. The molecule has 0 saturated carbocycles. The highest BCUT2D eigenvalue weighted by atomic mass is 35.5. The van der Waals surface area contributed by atoms with E-state index in [-0.39, 0.29) is 0 Å². The monoisotopic (exact) mass is 329 g/mol. The number of aromatic nitrogens is 6. The fraction of sp³-hybridized carbons (Fsp3) is 0.667. The summed E-state index contributed by atoms with van der Waals surface area (Å²) in [4.78, 5) is 0. The van der Waals surface area contributed by atoms with Gasteiger partial charge in [-0.25, -0.2) is 4.68 Å². The Kier molecular flexibility index (Phi) is 6.01. The van der Waals surface area contributed by atoms with Gasteiger partial charge in [-0.2, -0.15) is 5.10 Å². The van der Waals surface area contributed by atoms with Crippen molar-refractivity contribution < 1.29 is 0 Å². The highest BCUT2D eigenvalue weighted by Crippen LogP contribution is 2.26. The number of nitrogens with zero attached hydrogens (tertiary/aromatic N) is 6. The van der Waals surface area contributed by atoms with Crippen molar-refractivity contribution in [1.29, 1.82) is 0 Å². The molecule has 0 aliphatic carbocycles. The summed E-state index contributed by atoms with van der Waals surface area (Å²) < 4.78 is 3.62. The Morgan fingerprint density at radius 1 is 1.33 bits per heavy atom. The first kappa shape index (κ1) is 16.3. The smallest absolute Gasteiger partial charge is 0.209 e. The van der Waals surface area contributed by atoms with Gasteiger partial charge in [-0.1, -0.05) is 30.3 Å². The Morgan fingerprint density at radius 2 is 2.14 bits per heavy atom. The molecule has 0 aliphatic rings. The van der Waals surface area contributed by atoms with Crippen LogP contribution >= 0.6 is 23.4 Å². The lowest BCUT2D eigenvalue weighted by Crippen LogP contribution is -2.21. The largest absolute Gasteiger partial charge is 0.315 e. The normalized spacial score (nSPS) is 11.2. The zero-order valence-corrected chi connectivity index (χ0v) is 14.1. The van der Waals surface area contributed by atoms with Crippen LogP contribution in [0.1, 0.15) is 24.7 Å². The fourth-order valence-electron chi connectivity index (χ4n) is 1.90. The Hall–Kier alpha value is -1.12. The van der Waals surface area contributed by atoms with Crippen molar-refractivity contribution in [2.75, 3.05) is 13.1 Å². The molecule has 0 atom stereocenters. The average molecular weight is 330 g/mol. The van der Waals surface area contributed by atoms with Gasteiger partial charge in [-0.05, 0) is 30.3 Å². The van der Waals surface area contributed by atoms with E-state index in [2.05, 4.69) is 32.9 Å². The SMILES string of the molecule is CCCNCCn1nnnc1SCc1c(Cl)c(C)nn1C. The van der Waals surface area contributed by atoms with Crippen molar-refractivity contribution >= 4 is 23.4 Å². The minimum atomic E-state index is 0.693. The standard InChI is InChI=1S/C12H20ClN7S/c1-4-5-14-6-7-20-12(15-17-18-20)21-8-10-11(13)9(2)16-19(10)3/h14H,4-8H2,1-3H3. The van der Waals surface area contributed by atoms with E-state index >= 15 is 0 Å². The van der Waals surface area contributed by atoms with E-state index in [9.17, 15) is 0 Å². The van der Waals surface area contributed by atoms with Gasteiger partial charge in [0.15, 0.2) is 0 Å². The van der Waals surface area contributed by atoms with Crippen LogP contribution in [0.2, 0.25) is 5.02 Å². The minimum absolute atomic E-state index is 0.693.